The van der Waals surface area contributed by atoms with Crippen LogP contribution in [0, 0.1) is 17.0 Å². The maximum absolute atomic E-state index is 10.8. The summed E-state index contributed by atoms with van der Waals surface area (Å²) in [5, 5.41) is 10.9. The van der Waals surface area contributed by atoms with Crippen LogP contribution >= 0.6 is 11.6 Å². The van der Waals surface area contributed by atoms with Crippen LogP contribution in [0.15, 0.2) is 24.5 Å². The Balaban J connectivity index is 2.42. The molecule has 0 radical (unpaired) electrons. The summed E-state index contributed by atoms with van der Waals surface area (Å²) >= 11 is 5.89. The van der Waals surface area contributed by atoms with Gasteiger partial charge in [0, 0.05) is 6.07 Å². The fourth-order valence-electron chi connectivity index (χ4n) is 1.45. The van der Waals surface area contributed by atoms with Crippen LogP contribution in [0.2, 0.25) is 5.02 Å². The molecule has 7 nitrogen and oxygen atoms in total. The van der Waals surface area contributed by atoms with Crippen LogP contribution in [0.5, 0.6) is 11.6 Å². The molecule has 0 atom stereocenters. The highest BCUT2D eigenvalue weighted by Crippen LogP contribution is 2.34. The van der Waals surface area contributed by atoms with Gasteiger partial charge < -0.3 is 10.5 Å². The van der Waals surface area contributed by atoms with E-state index < -0.39 is 4.92 Å². The summed E-state index contributed by atoms with van der Waals surface area (Å²) in [7, 11) is 0. The Morgan fingerprint density at radius 3 is 2.84 bits per heavy atom. The minimum Gasteiger partial charge on any atom is -0.437 e. The Hall–Kier alpha value is -2.41. The topological polar surface area (TPSA) is 104 Å². The summed E-state index contributed by atoms with van der Waals surface area (Å²) in [6, 6.07) is 4.48. The first kappa shape index (κ1) is 13.0. The van der Waals surface area contributed by atoms with Gasteiger partial charge in [-0.2, -0.15) is 4.98 Å². The Kier molecular flexibility index (Phi) is 3.48. The molecule has 0 unspecified atom stereocenters. The van der Waals surface area contributed by atoms with Crippen LogP contribution in [0.1, 0.15) is 5.56 Å². The number of nitro groups is 1. The lowest BCUT2D eigenvalue weighted by molar-refractivity contribution is -0.385. The van der Waals surface area contributed by atoms with Crippen LogP contribution in [-0.4, -0.2) is 14.9 Å². The standard InChI is InChI=1S/C11H9ClN4O3/c1-6-7(16(17)18)3-2-4-8(6)19-11-9(12)10(13)14-5-15-11/h2-5H,1H3,(H2,13,14,15). The molecule has 2 aromatic rings. The van der Waals surface area contributed by atoms with Crippen molar-refractivity contribution in [1.29, 1.82) is 0 Å². The van der Waals surface area contributed by atoms with Crippen molar-refractivity contribution in [1.82, 2.24) is 9.97 Å². The number of halogens is 1. The SMILES string of the molecule is Cc1c(Oc2ncnc(N)c2Cl)cccc1[N+](=O)[O-]. The van der Waals surface area contributed by atoms with Gasteiger partial charge in [0.25, 0.3) is 5.69 Å². The van der Waals surface area contributed by atoms with E-state index in [1.807, 2.05) is 0 Å². The second kappa shape index (κ2) is 5.07. The highest BCUT2D eigenvalue weighted by Gasteiger charge is 2.16. The molecular formula is C11H9ClN4O3. The van der Waals surface area contributed by atoms with Crippen LogP contribution in [0.4, 0.5) is 11.5 Å². The van der Waals surface area contributed by atoms with E-state index in [9.17, 15) is 10.1 Å². The normalized spacial score (nSPS) is 10.2. The maximum Gasteiger partial charge on any atom is 0.276 e. The quantitative estimate of drug-likeness (QED) is 0.684. The molecular weight excluding hydrogens is 272 g/mol. The first-order chi connectivity index (χ1) is 9.00. The van der Waals surface area contributed by atoms with Crippen LogP contribution in [0.3, 0.4) is 0 Å². The van der Waals surface area contributed by atoms with Crippen LogP contribution in [-0.2, 0) is 0 Å². The maximum atomic E-state index is 10.8. The Morgan fingerprint density at radius 1 is 1.42 bits per heavy atom. The molecule has 0 aliphatic rings. The zero-order valence-corrected chi connectivity index (χ0v) is 10.6. The number of hydrogen-bond donors (Lipinski definition) is 1. The minimum atomic E-state index is -0.488. The van der Waals surface area contributed by atoms with E-state index in [4.69, 9.17) is 22.1 Å². The van der Waals surface area contributed by atoms with E-state index in [2.05, 4.69) is 9.97 Å². The highest BCUT2D eigenvalue weighted by molar-refractivity contribution is 6.34. The fraction of sp³-hybridized carbons (Fsp3) is 0.0909. The zero-order valence-electron chi connectivity index (χ0n) is 9.83. The number of aromatic nitrogens is 2. The number of nitrogen functional groups attached to an aromatic ring is 1. The molecule has 0 amide bonds. The van der Waals surface area contributed by atoms with Crippen LogP contribution < -0.4 is 10.5 Å². The first-order valence-electron chi connectivity index (χ1n) is 5.18. The summed E-state index contributed by atoms with van der Waals surface area (Å²) < 4.78 is 5.44. The van der Waals surface area contributed by atoms with Crippen molar-refractivity contribution < 1.29 is 9.66 Å². The lowest BCUT2D eigenvalue weighted by Crippen LogP contribution is -1.98. The van der Waals surface area contributed by atoms with Gasteiger partial charge >= 0.3 is 0 Å². The Labute approximate surface area is 113 Å². The molecule has 0 fully saturated rings. The van der Waals surface area contributed by atoms with E-state index in [1.165, 1.54) is 18.5 Å². The summed E-state index contributed by atoms with van der Waals surface area (Å²) in [6.07, 6.45) is 1.20. The molecule has 1 aromatic carbocycles. The third-order valence-electron chi connectivity index (χ3n) is 2.44. The summed E-state index contributed by atoms with van der Waals surface area (Å²) in [5.41, 5.74) is 5.85. The molecule has 98 valence electrons. The number of benzene rings is 1. The van der Waals surface area contributed by atoms with Crippen LogP contribution in [0.25, 0.3) is 0 Å². The number of nitrogens with two attached hydrogens (primary N) is 1. The predicted molar refractivity (Wildman–Crippen MR) is 69.4 cm³/mol. The van der Waals surface area contributed by atoms with Crippen molar-refractivity contribution in [3.05, 3.63) is 45.2 Å². The van der Waals surface area contributed by atoms with Gasteiger partial charge in [0.05, 0.1) is 10.5 Å². The van der Waals surface area contributed by atoms with Gasteiger partial charge in [0.1, 0.15) is 22.9 Å². The summed E-state index contributed by atoms with van der Waals surface area (Å²) in [5.74, 6) is 0.418. The monoisotopic (exact) mass is 280 g/mol. The molecule has 1 heterocycles. The number of rotatable bonds is 3. The number of nitro benzene ring substituents is 1. The third kappa shape index (κ3) is 2.55. The predicted octanol–water partition coefficient (Wildman–Crippen LogP) is 2.72. The van der Waals surface area contributed by atoms with Gasteiger partial charge in [-0.1, -0.05) is 17.7 Å². The second-order valence-corrected chi connectivity index (χ2v) is 4.02. The minimum absolute atomic E-state index is 0.0457. The molecule has 2 rings (SSSR count). The summed E-state index contributed by atoms with van der Waals surface area (Å²) in [6.45, 7) is 1.58. The second-order valence-electron chi connectivity index (χ2n) is 3.64. The Bertz CT molecular complexity index is 648. The van der Waals surface area contributed by atoms with E-state index in [-0.39, 0.29) is 28.2 Å². The van der Waals surface area contributed by atoms with Gasteiger partial charge in [-0.15, -0.1) is 0 Å². The van der Waals surface area contributed by atoms with Gasteiger partial charge in [-0.05, 0) is 13.0 Å². The molecule has 2 N–H and O–H groups in total. The smallest absolute Gasteiger partial charge is 0.276 e. The van der Waals surface area contributed by atoms with Crippen molar-refractivity contribution in [2.24, 2.45) is 0 Å². The van der Waals surface area contributed by atoms with Crippen molar-refractivity contribution >= 4 is 23.1 Å². The average Bonchev–Trinajstić information content (AvgIpc) is 2.37. The zero-order chi connectivity index (χ0) is 14.0. The number of anilines is 1. The molecule has 0 bridgehead atoms. The van der Waals surface area contributed by atoms with E-state index in [1.54, 1.807) is 13.0 Å². The van der Waals surface area contributed by atoms with Crippen molar-refractivity contribution in [3.8, 4) is 11.6 Å². The molecule has 0 aliphatic carbocycles. The Morgan fingerprint density at radius 2 is 2.16 bits per heavy atom. The lowest BCUT2D eigenvalue weighted by atomic mass is 10.2. The lowest BCUT2D eigenvalue weighted by Gasteiger charge is -2.09. The first-order valence-corrected chi connectivity index (χ1v) is 5.56. The van der Waals surface area contributed by atoms with E-state index >= 15 is 0 Å². The number of hydrogen-bond acceptors (Lipinski definition) is 6. The largest absolute Gasteiger partial charge is 0.437 e. The molecule has 1 aromatic heterocycles. The average molecular weight is 281 g/mol. The molecule has 0 aliphatic heterocycles. The van der Waals surface area contributed by atoms with Gasteiger partial charge in [0.2, 0.25) is 5.88 Å². The molecule has 0 spiro atoms. The van der Waals surface area contributed by atoms with Gasteiger partial charge in [0.15, 0.2) is 0 Å². The molecule has 8 heteroatoms. The van der Waals surface area contributed by atoms with E-state index in [0.717, 1.165) is 0 Å². The third-order valence-corrected chi connectivity index (χ3v) is 2.80. The molecule has 0 saturated heterocycles. The summed E-state index contributed by atoms with van der Waals surface area (Å²) in [4.78, 5) is 17.9. The van der Waals surface area contributed by atoms with E-state index in [0.29, 0.717) is 5.56 Å². The number of nitrogens with zero attached hydrogens (tertiary/aromatic N) is 3. The van der Waals surface area contributed by atoms with Gasteiger partial charge in [-0.25, -0.2) is 4.98 Å². The van der Waals surface area contributed by atoms with Crippen molar-refractivity contribution in [2.75, 3.05) is 5.73 Å². The number of ether oxygens (including phenoxy) is 1. The molecule has 0 saturated carbocycles. The fourth-order valence-corrected chi connectivity index (χ4v) is 1.59. The van der Waals surface area contributed by atoms with Crippen molar-refractivity contribution in [3.63, 3.8) is 0 Å². The molecule has 19 heavy (non-hydrogen) atoms. The highest BCUT2D eigenvalue weighted by atomic mass is 35.5. The van der Waals surface area contributed by atoms with Gasteiger partial charge in [-0.3, -0.25) is 10.1 Å². The van der Waals surface area contributed by atoms with Crippen molar-refractivity contribution in [2.45, 2.75) is 6.92 Å².